The zero-order valence-corrected chi connectivity index (χ0v) is 15.5. The van der Waals surface area contributed by atoms with Gasteiger partial charge in [-0.3, -0.25) is 14.9 Å². The Hall–Kier alpha value is -3.55. The lowest BCUT2D eigenvalue weighted by Crippen LogP contribution is -2.36. The highest BCUT2D eigenvalue weighted by Gasteiger charge is 2.33. The lowest BCUT2D eigenvalue weighted by molar-refractivity contribution is -0.384. The van der Waals surface area contributed by atoms with Gasteiger partial charge in [0, 0.05) is 36.4 Å². The number of amides is 1. The van der Waals surface area contributed by atoms with E-state index in [4.69, 9.17) is 4.74 Å². The van der Waals surface area contributed by atoms with E-state index in [0.717, 1.165) is 18.9 Å². The van der Waals surface area contributed by atoms with E-state index in [-0.39, 0.29) is 30.0 Å². The van der Waals surface area contributed by atoms with Gasteiger partial charge in [0.05, 0.1) is 4.92 Å². The number of nitrogens with zero attached hydrogens (tertiary/aromatic N) is 2. The van der Waals surface area contributed by atoms with Crippen LogP contribution in [0.15, 0.2) is 54.6 Å². The number of hydrogen-bond acceptors (Lipinski definition) is 5. The fraction of sp³-hybridized carbons (Fsp3) is 0.238. The molecule has 0 saturated heterocycles. The first-order chi connectivity index (χ1) is 13.9. The second-order valence-corrected chi connectivity index (χ2v) is 6.63. The minimum atomic E-state index is -0.710. The average Bonchev–Trinajstić information content (AvgIpc) is 3.55. The summed E-state index contributed by atoms with van der Waals surface area (Å²) in [6, 6.07) is 11.9. The Morgan fingerprint density at radius 2 is 1.86 bits per heavy atom. The second-order valence-electron chi connectivity index (χ2n) is 6.63. The second kappa shape index (κ2) is 9.09. The minimum absolute atomic E-state index is 0.0384. The molecular formula is C21H19FN2O5. The molecule has 0 unspecified atom stereocenters. The van der Waals surface area contributed by atoms with Crippen LogP contribution >= 0.6 is 0 Å². The fourth-order valence-electron chi connectivity index (χ4n) is 2.75. The number of rotatable bonds is 8. The Labute approximate surface area is 166 Å². The van der Waals surface area contributed by atoms with Crippen LogP contribution < -0.4 is 0 Å². The summed E-state index contributed by atoms with van der Waals surface area (Å²) < 4.78 is 18.9. The van der Waals surface area contributed by atoms with Crippen LogP contribution in [0.3, 0.4) is 0 Å². The lowest BCUT2D eigenvalue weighted by atomic mass is 10.2. The van der Waals surface area contributed by atoms with E-state index in [9.17, 15) is 24.1 Å². The number of ether oxygens (including phenoxy) is 1. The maximum atomic E-state index is 13.9. The van der Waals surface area contributed by atoms with Crippen molar-refractivity contribution in [3.8, 4) is 0 Å². The van der Waals surface area contributed by atoms with Gasteiger partial charge >= 0.3 is 5.97 Å². The summed E-state index contributed by atoms with van der Waals surface area (Å²) in [4.78, 5) is 36.0. The third kappa shape index (κ3) is 5.71. The van der Waals surface area contributed by atoms with Gasteiger partial charge in [0.1, 0.15) is 5.82 Å². The SMILES string of the molecule is O=C(/C=C/c1ccc([N+](=O)[O-])cc1)OCC(=O)N(Cc1ccccc1F)C1CC1. The summed E-state index contributed by atoms with van der Waals surface area (Å²) in [5, 5.41) is 10.6. The number of halogens is 1. The maximum absolute atomic E-state index is 13.9. The summed E-state index contributed by atoms with van der Waals surface area (Å²) in [6.45, 7) is -0.305. The molecule has 0 atom stereocenters. The van der Waals surface area contributed by atoms with E-state index >= 15 is 0 Å². The number of carbonyl (C=O) groups is 2. The first-order valence-corrected chi connectivity index (χ1v) is 9.06. The number of nitro groups is 1. The van der Waals surface area contributed by atoms with Crippen LogP contribution in [0, 0.1) is 15.9 Å². The molecular weight excluding hydrogens is 379 g/mol. The minimum Gasteiger partial charge on any atom is -0.452 e. The molecule has 0 heterocycles. The van der Waals surface area contributed by atoms with E-state index in [1.165, 1.54) is 41.3 Å². The molecule has 2 aromatic carbocycles. The summed E-state index contributed by atoms with van der Waals surface area (Å²) >= 11 is 0. The quantitative estimate of drug-likeness (QED) is 0.294. The molecule has 1 amide bonds. The molecule has 1 aliphatic rings. The fourth-order valence-corrected chi connectivity index (χ4v) is 2.75. The number of benzene rings is 2. The highest BCUT2D eigenvalue weighted by atomic mass is 19.1. The van der Waals surface area contributed by atoms with E-state index in [0.29, 0.717) is 11.1 Å². The third-order valence-electron chi connectivity index (χ3n) is 4.46. The number of carbonyl (C=O) groups excluding carboxylic acids is 2. The van der Waals surface area contributed by atoms with Crippen molar-refractivity contribution in [1.29, 1.82) is 0 Å². The zero-order chi connectivity index (χ0) is 20.8. The zero-order valence-electron chi connectivity index (χ0n) is 15.5. The molecule has 0 N–H and O–H groups in total. The van der Waals surface area contributed by atoms with E-state index in [1.807, 2.05) is 0 Å². The van der Waals surface area contributed by atoms with Gasteiger partial charge in [-0.2, -0.15) is 0 Å². The van der Waals surface area contributed by atoms with Crippen LogP contribution in [0.2, 0.25) is 0 Å². The average molecular weight is 398 g/mol. The first-order valence-electron chi connectivity index (χ1n) is 9.06. The Balaban J connectivity index is 1.53. The van der Waals surface area contributed by atoms with Crippen LogP contribution in [0.1, 0.15) is 24.0 Å². The van der Waals surface area contributed by atoms with Gasteiger partial charge in [-0.25, -0.2) is 9.18 Å². The van der Waals surface area contributed by atoms with Gasteiger partial charge < -0.3 is 9.64 Å². The van der Waals surface area contributed by atoms with Crippen molar-refractivity contribution < 1.29 is 23.6 Å². The number of hydrogen-bond donors (Lipinski definition) is 0. The summed E-state index contributed by atoms with van der Waals surface area (Å²) in [6.07, 6.45) is 4.27. The standard InChI is InChI=1S/C21H19FN2O5/c22-19-4-2-1-3-16(19)13-23(17-10-11-17)20(25)14-29-21(26)12-7-15-5-8-18(9-6-15)24(27)28/h1-9,12,17H,10-11,13-14H2/b12-7+. The smallest absolute Gasteiger partial charge is 0.331 e. The molecule has 0 radical (unpaired) electrons. The van der Waals surface area contributed by atoms with E-state index in [2.05, 4.69) is 0 Å². The van der Waals surface area contributed by atoms with Crippen LogP contribution in [0.4, 0.5) is 10.1 Å². The van der Waals surface area contributed by atoms with Gasteiger partial charge in [0.25, 0.3) is 11.6 Å². The Kier molecular flexibility index (Phi) is 6.33. The molecule has 1 fully saturated rings. The van der Waals surface area contributed by atoms with Crippen molar-refractivity contribution in [3.63, 3.8) is 0 Å². The Morgan fingerprint density at radius 1 is 1.17 bits per heavy atom. The van der Waals surface area contributed by atoms with Crippen molar-refractivity contribution >= 4 is 23.6 Å². The molecule has 0 bridgehead atoms. The van der Waals surface area contributed by atoms with Crippen molar-refractivity contribution in [2.75, 3.05) is 6.61 Å². The van der Waals surface area contributed by atoms with Crippen LogP contribution in [0.25, 0.3) is 6.08 Å². The number of non-ortho nitro benzene ring substituents is 1. The molecule has 0 aliphatic heterocycles. The normalized spacial score (nSPS) is 13.3. The first kappa shape index (κ1) is 20.2. The summed E-state index contributed by atoms with van der Waals surface area (Å²) in [5.41, 5.74) is 0.945. The van der Waals surface area contributed by atoms with Crippen LogP contribution in [0.5, 0.6) is 0 Å². The van der Waals surface area contributed by atoms with E-state index < -0.39 is 17.5 Å². The van der Waals surface area contributed by atoms with Crippen molar-refractivity contribution in [2.45, 2.75) is 25.4 Å². The largest absolute Gasteiger partial charge is 0.452 e. The molecule has 1 aliphatic carbocycles. The van der Waals surface area contributed by atoms with Crippen LogP contribution in [-0.2, 0) is 20.9 Å². The van der Waals surface area contributed by atoms with Crippen molar-refractivity contribution in [2.24, 2.45) is 0 Å². The molecule has 8 heteroatoms. The summed E-state index contributed by atoms with van der Waals surface area (Å²) in [5.74, 6) is -1.47. The lowest BCUT2D eigenvalue weighted by Gasteiger charge is -2.22. The van der Waals surface area contributed by atoms with Gasteiger partial charge in [0.2, 0.25) is 0 Å². The molecule has 0 aromatic heterocycles. The highest BCUT2D eigenvalue weighted by Crippen LogP contribution is 2.29. The molecule has 2 aromatic rings. The molecule has 0 spiro atoms. The molecule has 150 valence electrons. The van der Waals surface area contributed by atoms with Gasteiger partial charge in [-0.1, -0.05) is 18.2 Å². The molecule has 1 saturated carbocycles. The molecule has 3 rings (SSSR count). The highest BCUT2D eigenvalue weighted by molar-refractivity contribution is 5.89. The molecule has 29 heavy (non-hydrogen) atoms. The predicted molar refractivity (Wildman–Crippen MR) is 103 cm³/mol. The topological polar surface area (TPSA) is 89.7 Å². The maximum Gasteiger partial charge on any atom is 0.331 e. The Bertz CT molecular complexity index is 938. The van der Waals surface area contributed by atoms with Gasteiger partial charge in [0.15, 0.2) is 6.61 Å². The van der Waals surface area contributed by atoms with Crippen molar-refractivity contribution in [3.05, 3.63) is 81.7 Å². The monoisotopic (exact) mass is 398 g/mol. The molecule has 7 nitrogen and oxygen atoms in total. The van der Waals surface area contributed by atoms with Gasteiger partial charge in [-0.15, -0.1) is 0 Å². The summed E-state index contributed by atoms with van der Waals surface area (Å²) in [7, 11) is 0. The van der Waals surface area contributed by atoms with Gasteiger partial charge in [-0.05, 0) is 42.7 Å². The van der Waals surface area contributed by atoms with Crippen LogP contribution in [-0.4, -0.2) is 34.3 Å². The number of esters is 1. The third-order valence-corrected chi connectivity index (χ3v) is 4.46. The van der Waals surface area contributed by atoms with E-state index in [1.54, 1.807) is 18.2 Å². The number of nitro benzene ring substituents is 1. The van der Waals surface area contributed by atoms with Crippen molar-refractivity contribution in [1.82, 2.24) is 4.90 Å². The predicted octanol–water partition coefficient (Wildman–Crippen LogP) is 3.48. The Morgan fingerprint density at radius 3 is 2.48 bits per heavy atom.